The number of aromatic nitrogens is 2. The molecule has 0 aliphatic heterocycles. The summed E-state index contributed by atoms with van der Waals surface area (Å²) in [4.78, 5) is 24.6. The van der Waals surface area contributed by atoms with Gasteiger partial charge in [0.25, 0.3) is 0 Å². The molecular formula is C35H42N4O3S. The van der Waals surface area contributed by atoms with Crippen LogP contribution in [-0.4, -0.2) is 59.7 Å². The molecule has 0 bridgehead atoms. The van der Waals surface area contributed by atoms with Gasteiger partial charge in [0.05, 0.1) is 5.75 Å². The molecule has 43 heavy (non-hydrogen) atoms. The summed E-state index contributed by atoms with van der Waals surface area (Å²) in [6.07, 6.45) is 12.8. The molecule has 4 aromatic rings. The molecule has 1 amide bonds. The SMILES string of the molecule is CN(C(=O)[C@H](Cc1ccccc1)N(C)S(=O)(=O)Cc1ccccc1)C(CCCc1cccnc1)CCCc1cccnc1. The van der Waals surface area contributed by atoms with E-state index in [1.807, 2.05) is 80.1 Å². The van der Waals surface area contributed by atoms with E-state index in [9.17, 15) is 13.2 Å². The third-order valence-electron chi connectivity index (χ3n) is 7.97. The van der Waals surface area contributed by atoms with Crippen LogP contribution in [0.3, 0.4) is 0 Å². The van der Waals surface area contributed by atoms with E-state index < -0.39 is 16.1 Å². The first kappa shape index (κ1) is 32.0. The number of pyridine rings is 2. The van der Waals surface area contributed by atoms with Crippen molar-refractivity contribution in [3.63, 3.8) is 0 Å². The minimum atomic E-state index is -3.77. The number of benzene rings is 2. The summed E-state index contributed by atoms with van der Waals surface area (Å²) in [5.74, 6) is -0.345. The highest BCUT2D eigenvalue weighted by Gasteiger charge is 2.35. The van der Waals surface area contributed by atoms with Gasteiger partial charge in [-0.25, -0.2) is 8.42 Å². The molecule has 0 spiro atoms. The molecule has 8 heteroatoms. The van der Waals surface area contributed by atoms with E-state index in [-0.39, 0.29) is 17.7 Å². The fourth-order valence-corrected chi connectivity index (χ4v) is 6.78. The van der Waals surface area contributed by atoms with Crippen LogP contribution in [0.4, 0.5) is 0 Å². The lowest BCUT2D eigenvalue weighted by atomic mass is 9.97. The highest BCUT2D eigenvalue weighted by molar-refractivity contribution is 7.88. The first-order valence-corrected chi connectivity index (χ1v) is 16.5. The number of likely N-dealkylation sites (N-methyl/N-ethyl adjacent to an activating group) is 2. The summed E-state index contributed by atoms with van der Waals surface area (Å²) in [5.41, 5.74) is 3.94. The lowest BCUT2D eigenvalue weighted by Crippen LogP contribution is -2.52. The van der Waals surface area contributed by atoms with Crippen LogP contribution in [0.25, 0.3) is 0 Å². The van der Waals surface area contributed by atoms with Crippen LogP contribution in [0.1, 0.15) is 47.9 Å². The summed E-state index contributed by atoms with van der Waals surface area (Å²) in [5, 5.41) is 0. The maximum absolute atomic E-state index is 14.3. The van der Waals surface area contributed by atoms with Crippen molar-refractivity contribution in [1.29, 1.82) is 0 Å². The first-order valence-electron chi connectivity index (χ1n) is 14.9. The number of rotatable bonds is 16. The smallest absolute Gasteiger partial charge is 0.241 e. The number of amides is 1. The molecule has 0 radical (unpaired) electrons. The van der Waals surface area contributed by atoms with Crippen LogP contribution in [0.2, 0.25) is 0 Å². The van der Waals surface area contributed by atoms with Crippen LogP contribution in [-0.2, 0) is 39.8 Å². The van der Waals surface area contributed by atoms with Crippen molar-refractivity contribution < 1.29 is 13.2 Å². The molecule has 0 N–H and O–H groups in total. The predicted molar refractivity (Wildman–Crippen MR) is 172 cm³/mol. The fourth-order valence-electron chi connectivity index (χ4n) is 5.41. The second-order valence-corrected chi connectivity index (χ2v) is 13.1. The number of hydrogen-bond acceptors (Lipinski definition) is 5. The van der Waals surface area contributed by atoms with Gasteiger partial charge in [-0.05, 0) is 79.3 Å². The zero-order valence-electron chi connectivity index (χ0n) is 25.1. The molecule has 0 saturated heterocycles. The van der Waals surface area contributed by atoms with Crippen molar-refractivity contribution in [3.05, 3.63) is 132 Å². The van der Waals surface area contributed by atoms with Gasteiger partial charge in [0.2, 0.25) is 15.9 Å². The Labute approximate surface area is 256 Å². The third-order valence-corrected chi connectivity index (χ3v) is 9.80. The molecule has 0 fully saturated rings. The molecule has 2 aromatic heterocycles. The van der Waals surface area contributed by atoms with E-state index in [4.69, 9.17) is 0 Å². The van der Waals surface area contributed by atoms with E-state index in [2.05, 4.69) is 22.1 Å². The Morgan fingerprint density at radius 3 is 1.67 bits per heavy atom. The largest absolute Gasteiger partial charge is 0.341 e. The van der Waals surface area contributed by atoms with Gasteiger partial charge in [0.15, 0.2) is 0 Å². The molecule has 2 heterocycles. The average molecular weight is 599 g/mol. The minimum absolute atomic E-state index is 0.0376. The van der Waals surface area contributed by atoms with Gasteiger partial charge in [-0.2, -0.15) is 4.31 Å². The number of nitrogens with zero attached hydrogens (tertiary/aromatic N) is 4. The molecule has 0 unspecified atom stereocenters. The number of aryl methyl sites for hydroxylation is 2. The van der Waals surface area contributed by atoms with E-state index in [1.165, 1.54) is 22.5 Å². The van der Waals surface area contributed by atoms with E-state index in [0.717, 1.165) is 44.1 Å². The van der Waals surface area contributed by atoms with Crippen LogP contribution in [0, 0.1) is 0 Å². The third kappa shape index (κ3) is 9.83. The van der Waals surface area contributed by atoms with Gasteiger partial charge in [0.1, 0.15) is 6.04 Å². The molecule has 226 valence electrons. The first-order chi connectivity index (χ1) is 20.8. The summed E-state index contributed by atoms with van der Waals surface area (Å²) in [6, 6.07) is 25.9. The minimum Gasteiger partial charge on any atom is -0.341 e. The highest BCUT2D eigenvalue weighted by atomic mass is 32.2. The van der Waals surface area contributed by atoms with Gasteiger partial charge in [-0.1, -0.05) is 72.8 Å². The Morgan fingerprint density at radius 1 is 0.698 bits per heavy atom. The number of carbonyl (C=O) groups excluding carboxylic acids is 1. The summed E-state index contributed by atoms with van der Waals surface area (Å²) < 4.78 is 28.5. The lowest BCUT2D eigenvalue weighted by Gasteiger charge is -2.35. The maximum Gasteiger partial charge on any atom is 0.241 e. The molecule has 7 nitrogen and oxygen atoms in total. The van der Waals surface area contributed by atoms with Crippen molar-refractivity contribution in [1.82, 2.24) is 19.2 Å². The van der Waals surface area contributed by atoms with E-state index >= 15 is 0 Å². The van der Waals surface area contributed by atoms with Gasteiger partial charge in [-0.3, -0.25) is 14.8 Å². The van der Waals surface area contributed by atoms with Crippen molar-refractivity contribution in [2.75, 3.05) is 14.1 Å². The predicted octanol–water partition coefficient (Wildman–Crippen LogP) is 5.72. The van der Waals surface area contributed by atoms with Crippen molar-refractivity contribution in [3.8, 4) is 0 Å². The number of hydrogen-bond donors (Lipinski definition) is 0. The Hall–Kier alpha value is -3.88. The van der Waals surface area contributed by atoms with Gasteiger partial charge >= 0.3 is 0 Å². The molecule has 0 saturated carbocycles. The lowest BCUT2D eigenvalue weighted by molar-refractivity contribution is -0.136. The van der Waals surface area contributed by atoms with Gasteiger partial charge in [-0.15, -0.1) is 0 Å². The van der Waals surface area contributed by atoms with Crippen molar-refractivity contribution >= 4 is 15.9 Å². The molecule has 2 aromatic carbocycles. The molecular weight excluding hydrogens is 556 g/mol. The average Bonchev–Trinajstić information content (AvgIpc) is 3.03. The van der Waals surface area contributed by atoms with Crippen LogP contribution in [0.5, 0.6) is 0 Å². The maximum atomic E-state index is 14.3. The number of carbonyl (C=O) groups is 1. The second-order valence-electron chi connectivity index (χ2n) is 11.1. The monoisotopic (exact) mass is 598 g/mol. The second kappa shape index (κ2) is 16.1. The van der Waals surface area contributed by atoms with E-state index in [0.29, 0.717) is 12.0 Å². The highest BCUT2D eigenvalue weighted by Crippen LogP contribution is 2.22. The zero-order valence-corrected chi connectivity index (χ0v) is 25.9. The molecule has 0 aliphatic carbocycles. The molecule has 0 aliphatic rings. The Balaban J connectivity index is 1.54. The Morgan fingerprint density at radius 2 is 1.19 bits per heavy atom. The Kier molecular flexibility index (Phi) is 12.0. The van der Waals surface area contributed by atoms with E-state index in [1.54, 1.807) is 29.4 Å². The quantitative estimate of drug-likeness (QED) is 0.165. The van der Waals surface area contributed by atoms with Crippen molar-refractivity contribution in [2.24, 2.45) is 0 Å². The van der Waals surface area contributed by atoms with Crippen LogP contribution >= 0.6 is 0 Å². The van der Waals surface area contributed by atoms with Crippen LogP contribution < -0.4 is 0 Å². The molecule has 1 atom stereocenters. The van der Waals surface area contributed by atoms with Gasteiger partial charge < -0.3 is 4.90 Å². The summed E-state index contributed by atoms with van der Waals surface area (Å²) in [7, 11) is -0.402. The summed E-state index contributed by atoms with van der Waals surface area (Å²) >= 11 is 0. The fraction of sp³-hybridized carbons (Fsp3) is 0.343. The zero-order chi connectivity index (χ0) is 30.5. The van der Waals surface area contributed by atoms with Gasteiger partial charge in [0, 0.05) is 44.9 Å². The number of sulfonamides is 1. The summed E-state index contributed by atoms with van der Waals surface area (Å²) in [6.45, 7) is 0. The normalized spacial score (nSPS) is 12.4. The standard InChI is InChI=1S/C35H42N4O3S/c1-38(33(21-9-17-30-19-11-23-36-26-30)22-10-18-31-20-12-24-37-27-31)35(40)34(25-29-13-5-3-6-14-29)39(2)43(41,42)28-32-15-7-4-8-16-32/h3-8,11-16,19-20,23-24,26-27,33-34H,9-10,17-18,21-22,25,28H2,1-2H3/t34-/m0/s1. The van der Waals surface area contributed by atoms with Crippen LogP contribution in [0.15, 0.2) is 110 Å². The topological polar surface area (TPSA) is 83.5 Å². The Bertz CT molecular complexity index is 1440. The van der Waals surface area contributed by atoms with Crippen molar-refractivity contribution in [2.45, 2.75) is 62.8 Å². The molecule has 4 rings (SSSR count).